The predicted molar refractivity (Wildman–Crippen MR) is 82.6 cm³/mol. The number of carbonyl (C=O) groups excluding carboxylic acids is 1. The zero-order chi connectivity index (χ0) is 15.1. The Balaban J connectivity index is 2.52. The van der Waals surface area contributed by atoms with Crippen molar-refractivity contribution >= 4 is 46.1 Å². The molecular weight excluding hydrogens is 302 g/mol. The van der Waals surface area contributed by atoms with E-state index >= 15 is 0 Å². The molecule has 0 saturated heterocycles. The van der Waals surface area contributed by atoms with Gasteiger partial charge in [-0.3, -0.25) is 10.2 Å². The predicted octanol–water partition coefficient (Wildman–Crippen LogP) is 1.23. The number of nitrogens with one attached hydrogen (secondary N) is 2. The van der Waals surface area contributed by atoms with E-state index in [0.717, 1.165) is 11.8 Å². The average molecular weight is 316 g/mol. The molecule has 0 saturated carbocycles. The van der Waals surface area contributed by atoms with Gasteiger partial charge in [0.05, 0.1) is 17.9 Å². The molecule has 0 aliphatic carbocycles. The lowest BCUT2D eigenvalue weighted by Gasteiger charge is -2.07. The Bertz CT molecular complexity index is 546. The van der Waals surface area contributed by atoms with Gasteiger partial charge in [-0.05, 0) is 18.2 Å². The van der Waals surface area contributed by atoms with Crippen molar-refractivity contribution in [3.8, 4) is 5.75 Å². The zero-order valence-electron chi connectivity index (χ0n) is 10.6. The fourth-order valence-corrected chi connectivity index (χ4v) is 1.99. The van der Waals surface area contributed by atoms with E-state index < -0.39 is 0 Å². The first-order chi connectivity index (χ1) is 9.42. The van der Waals surface area contributed by atoms with Crippen LogP contribution in [0.1, 0.15) is 0 Å². The van der Waals surface area contributed by atoms with Crippen LogP contribution in [0, 0.1) is 5.41 Å². The number of carbonyl (C=O) groups is 1. The summed E-state index contributed by atoms with van der Waals surface area (Å²) in [5.74, 6) is 0.0180. The maximum absolute atomic E-state index is 11.7. The Labute approximate surface area is 125 Å². The smallest absolute Gasteiger partial charge is 0.234 e. The number of guanidine groups is 1. The lowest BCUT2D eigenvalue weighted by Crippen LogP contribution is -2.24. The number of nitrogens with zero attached hydrogens (tertiary/aromatic N) is 1. The highest BCUT2D eigenvalue weighted by molar-refractivity contribution is 8.14. The third kappa shape index (κ3) is 5.37. The van der Waals surface area contributed by atoms with Crippen molar-refractivity contribution in [1.82, 2.24) is 0 Å². The molecule has 108 valence electrons. The summed E-state index contributed by atoms with van der Waals surface area (Å²) in [4.78, 5) is 15.1. The van der Waals surface area contributed by atoms with Gasteiger partial charge in [-0.1, -0.05) is 23.4 Å². The summed E-state index contributed by atoms with van der Waals surface area (Å²) in [6.07, 6.45) is 0. The van der Waals surface area contributed by atoms with Gasteiger partial charge < -0.3 is 21.5 Å². The Morgan fingerprint density at radius 1 is 1.55 bits per heavy atom. The van der Waals surface area contributed by atoms with Crippen molar-refractivity contribution in [3.05, 3.63) is 23.2 Å². The first-order valence-electron chi connectivity index (χ1n) is 5.36. The minimum atomic E-state index is -0.299. The molecule has 6 N–H and O–H groups in total. The second-order valence-electron chi connectivity index (χ2n) is 3.53. The van der Waals surface area contributed by atoms with Gasteiger partial charge in [0.25, 0.3) is 0 Å². The van der Waals surface area contributed by atoms with Crippen molar-refractivity contribution in [1.29, 1.82) is 5.41 Å². The summed E-state index contributed by atoms with van der Waals surface area (Å²) >= 11 is 6.85. The van der Waals surface area contributed by atoms with Gasteiger partial charge in [0.15, 0.2) is 11.1 Å². The molecule has 0 unspecified atom stereocenters. The highest BCUT2D eigenvalue weighted by atomic mass is 35.5. The lowest BCUT2D eigenvalue weighted by molar-refractivity contribution is -0.113. The van der Waals surface area contributed by atoms with E-state index in [1.54, 1.807) is 18.2 Å². The molecule has 1 rings (SSSR count). The highest BCUT2D eigenvalue weighted by Gasteiger charge is 2.07. The van der Waals surface area contributed by atoms with Crippen LogP contribution in [0.25, 0.3) is 0 Å². The highest BCUT2D eigenvalue weighted by Crippen LogP contribution is 2.27. The number of benzene rings is 1. The van der Waals surface area contributed by atoms with Crippen LogP contribution in [0.5, 0.6) is 5.75 Å². The topological polar surface area (TPSA) is 127 Å². The summed E-state index contributed by atoms with van der Waals surface area (Å²) in [5, 5.41) is 10.3. The molecule has 0 radical (unpaired) electrons. The number of anilines is 1. The Morgan fingerprint density at radius 3 is 2.80 bits per heavy atom. The van der Waals surface area contributed by atoms with Crippen LogP contribution >= 0.6 is 23.4 Å². The molecule has 1 aromatic rings. The standard InChI is InChI=1S/C11H14ClN5O2S/c1-19-8-3-2-6(4-7(8)12)16-9(18)5-20-11(15)17-10(13)14/h2-4H,5H2,1H3,(H,16,18)(H5,13,14,15,17). The van der Waals surface area contributed by atoms with Crippen molar-refractivity contribution in [2.24, 2.45) is 16.5 Å². The van der Waals surface area contributed by atoms with Gasteiger partial charge in [-0.15, -0.1) is 0 Å². The van der Waals surface area contributed by atoms with E-state index in [4.69, 9.17) is 33.2 Å². The number of thioether (sulfide) groups is 1. The van der Waals surface area contributed by atoms with E-state index in [2.05, 4.69) is 10.3 Å². The summed E-state index contributed by atoms with van der Waals surface area (Å²) in [6, 6.07) is 4.88. The summed E-state index contributed by atoms with van der Waals surface area (Å²) in [6.45, 7) is 0. The Kier molecular flexibility index (Phi) is 6.13. The number of rotatable bonds is 4. The SMILES string of the molecule is COc1ccc(NC(=O)CSC(=N)N=C(N)N)cc1Cl. The first kappa shape index (κ1) is 16.1. The van der Waals surface area contributed by atoms with Crippen molar-refractivity contribution in [3.63, 3.8) is 0 Å². The number of aliphatic imine (C=N–C) groups is 1. The zero-order valence-corrected chi connectivity index (χ0v) is 12.2. The van der Waals surface area contributed by atoms with Gasteiger partial charge in [0.2, 0.25) is 5.91 Å². The molecule has 0 heterocycles. The average Bonchev–Trinajstić information content (AvgIpc) is 2.36. The second kappa shape index (κ2) is 7.61. The van der Waals surface area contributed by atoms with E-state index in [9.17, 15) is 4.79 Å². The number of hydrogen-bond donors (Lipinski definition) is 4. The maximum Gasteiger partial charge on any atom is 0.234 e. The number of methoxy groups -OCH3 is 1. The molecule has 1 amide bonds. The largest absolute Gasteiger partial charge is 0.495 e. The third-order valence-electron chi connectivity index (χ3n) is 2.01. The fourth-order valence-electron chi connectivity index (χ4n) is 1.22. The molecule has 0 spiro atoms. The van der Waals surface area contributed by atoms with Crippen LogP contribution in [0.3, 0.4) is 0 Å². The number of hydrogen-bond acceptors (Lipinski definition) is 4. The lowest BCUT2D eigenvalue weighted by atomic mass is 10.3. The van der Waals surface area contributed by atoms with Crippen LogP contribution in [0.15, 0.2) is 23.2 Å². The van der Waals surface area contributed by atoms with Crippen LogP contribution < -0.4 is 21.5 Å². The first-order valence-corrected chi connectivity index (χ1v) is 6.73. The third-order valence-corrected chi connectivity index (χ3v) is 3.07. The summed E-state index contributed by atoms with van der Waals surface area (Å²) in [7, 11) is 1.51. The van der Waals surface area contributed by atoms with Crippen molar-refractivity contribution in [2.45, 2.75) is 0 Å². The normalized spacial score (nSPS) is 9.70. The van der Waals surface area contributed by atoms with E-state index in [1.807, 2.05) is 0 Å². The van der Waals surface area contributed by atoms with Crippen LogP contribution in [0.2, 0.25) is 5.02 Å². The van der Waals surface area contributed by atoms with Crippen LogP contribution in [-0.2, 0) is 4.79 Å². The van der Waals surface area contributed by atoms with Gasteiger partial charge in [0.1, 0.15) is 5.75 Å². The minimum absolute atomic E-state index is 0.0132. The van der Waals surface area contributed by atoms with E-state index in [-0.39, 0.29) is 22.8 Å². The number of nitrogens with two attached hydrogens (primary N) is 2. The molecule has 9 heteroatoms. The molecule has 0 bridgehead atoms. The minimum Gasteiger partial charge on any atom is -0.495 e. The van der Waals surface area contributed by atoms with Crippen molar-refractivity contribution < 1.29 is 9.53 Å². The Morgan fingerprint density at radius 2 is 2.25 bits per heavy atom. The quantitative estimate of drug-likeness (QED) is 0.491. The fraction of sp³-hybridized carbons (Fsp3) is 0.182. The monoisotopic (exact) mass is 315 g/mol. The number of amidine groups is 1. The van der Waals surface area contributed by atoms with Crippen LogP contribution in [-0.4, -0.2) is 29.9 Å². The summed E-state index contributed by atoms with van der Waals surface area (Å²) < 4.78 is 5.01. The molecule has 0 atom stereocenters. The molecule has 20 heavy (non-hydrogen) atoms. The molecule has 7 nitrogen and oxygen atoms in total. The van der Waals surface area contributed by atoms with Crippen molar-refractivity contribution in [2.75, 3.05) is 18.2 Å². The molecule has 1 aromatic carbocycles. The summed E-state index contributed by atoms with van der Waals surface area (Å²) in [5.41, 5.74) is 10.8. The number of ether oxygens (including phenoxy) is 1. The van der Waals surface area contributed by atoms with Gasteiger partial charge in [-0.25, -0.2) is 0 Å². The molecule has 0 aliphatic heterocycles. The van der Waals surface area contributed by atoms with E-state index in [1.165, 1.54) is 7.11 Å². The second-order valence-corrected chi connectivity index (χ2v) is 4.90. The Hall–Kier alpha value is -1.93. The molecule has 0 fully saturated rings. The van der Waals surface area contributed by atoms with Gasteiger partial charge in [-0.2, -0.15) is 4.99 Å². The van der Waals surface area contributed by atoms with Crippen LogP contribution in [0.4, 0.5) is 5.69 Å². The molecule has 0 aromatic heterocycles. The van der Waals surface area contributed by atoms with Gasteiger partial charge in [0, 0.05) is 5.69 Å². The molecular formula is C11H14ClN5O2S. The molecule has 0 aliphatic rings. The van der Waals surface area contributed by atoms with Gasteiger partial charge >= 0.3 is 0 Å². The number of amides is 1. The number of halogens is 1. The van der Waals surface area contributed by atoms with E-state index in [0.29, 0.717) is 16.5 Å². The maximum atomic E-state index is 11.7.